The topological polar surface area (TPSA) is 72.8 Å². The molecule has 0 saturated heterocycles. The fourth-order valence-corrected chi connectivity index (χ4v) is 3.27. The number of ether oxygens (including phenoxy) is 2. The molecule has 2 aromatic carbocycles. The molecule has 0 bridgehead atoms. The van der Waals surface area contributed by atoms with Crippen molar-refractivity contribution in [1.29, 1.82) is 0 Å². The maximum atomic E-state index is 12.3. The van der Waals surface area contributed by atoms with E-state index in [1.807, 2.05) is 0 Å². The fourth-order valence-electron chi connectivity index (χ4n) is 2.81. The van der Waals surface area contributed by atoms with E-state index in [0.29, 0.717) is 16.6 Å². The Bertz CT molecular complexity index is 801. The van der Waals surface area contributed by atoms with E-state index in [1.165, 1.54) is 56.7 Å². The summed E-state index contributed by atoms with van der Waals surface area (Å²) in [6.45, 7) is 2.89. The Morgan fingerprint density at radius 3 is 2.14 bits per heavy atom. The molecule has 2 aromatic rings. The van der Waals surface area contributed by atoms with Gasteiger partial charge in [0.25, 0.3) is 0 Å². The summed E-state index contributed by atoms with van der Waals surface area (Å²) in [5.41, 5.74) is 0.502. The molecule has 0 atom stereocenters. The van der Waals surface area contributed by atoms with E-state index >= 15 is 0 Å². The largest absolute Gasteiger partial charge is 0.494 e. The van der Waals surface area contributed by atoms with Gasteiger partial charge in [0.1, 0.15) is 11.5 Å². The Kier molecular flexibility index (Phi) is 9.71. The second-order valence-corrected chi connectivity index (χ2v) is 7.69. The van der Waals surface area contributed by atoms with Crippen LogP contribution in [0.25, 0.3) is 0 Å². The maximum Gasteiger partial charge on any atom is 0.343 e. The predicted octanol–water partition coefficient (Wildman–Crippen LogP) is 6.50. The van der Waals surface area contributed by atoms with Gasteiger partial charge in [-0.15, -0.1) is 0 Å². The van der Waals surface area contributed by atoms with Crippen LogP contribution < -0.4 is 9.47 Å². The summed E-state index contributed by atoms with van der Waals surface area (Å²) in [5.74, 6) is -0.582. The zero-order valence-corrected chi connectivity index (χ0v) is 18.2. The molecule has 0 saturated carbocycles. The van der Waals surface area contributed by atoms with Crippen LogP contribution in [-0.4, -0.2) is 23.7 Å². The number of hydrogen-bond acceptors (Lipinski definition) is 4. The van der Waals surface area contributed by atoms with Gasteiger partial charge in [-0.3, -0.25) is 0 Å². The Morgan fingerprint density at radius 2 is 1.52 bits per heavy atom. The van der Waals surface area contributed by atoms with E-state index in [2.05, 4.69) is 22.9 Å². The van der Waals surface area contributed by atoms with Crippen LogP contribution in [-0.2, 0) is 0 Å². The first-order valence-electron chi connectivity index (χ1n) is 9.99. The molecule has 6 heteroatoms. The van der Waals surface area contributed by atoms with Crippen molar-refractivity contribution in [2.24, 2.45) is 0 Å². The first kappa shape index (κ1) is 22.9. The van der Waals surface area contributed by atoms with Crippen LogP contribution in [0.1, 0.15) is 72.6 Å². The number of carbonyl (C=O) groups excluding carboxylic acids is 1. The molecule has 1 N–H and O–H groups in total. The van der Waals surface area contributed by atoms with Crippen LogP contribution in [0, 0.1) is 0 Å². The minimum absolute atomic E-state index is 0.110. The molecule has 0 aliphatic heterocycles. The quantitative estimate of drug-likeness (QED) is 0.221. The van der Waals surface area contributed by atoms with Crippen molar-refractivity contribution < 1.29 is 24.2 Å². The first-order chi connectivity index (χ1) is 14.0. The maximum absolute atomic E-state index is 12.3. The van der Waals surface area contributed by atoms with Gasteiger partial charge >= 0.3 is 11.9 Å². The standard InChI is InChI=1S/C23H27BrO5/c1-2-3-4-5-6-7-8-15-28-19-12-9-17(10-13-19)23(27)29-21-14-11-18(22(25)26)16-20(21)24/h9-14,16H,2-8,15H2,1H3,(H,25,26). The molecule has 0 amide bonds. The van der Waals surface area contributed by atoms with Crippen LogP contribution in [0.4, 0.5) is 0 Å². The van der Waals surface area contributed by atoms with Gasteiger partial charge in [0, 0.05) is 0 Å². The third-order valence-corrected chi connectivity index (χ3v) is 5.11. The van der Waals surface area contributed by atoms with Crippen molar-refractivity contribution in [3.05, 3.63) is 58.1 Å². The van der Waals surface area contributed by atoms with Gasteiger partial charge in [0.2, 0.25) is 0 Å². The summed E-state index contributed by atoms with van der Waals surface area (Å²) < 4.78 is 11.5. The highest BCUT2D eigenvalue weighted by atomic mass is 79.9. The Labute approximate surface area is 180 Å². The molecule has 0 unspecified atom stereocenters. The van der Waals surface area contributed by atoms with Crippen molar-refractivity contribution in [1.82, 2.24) is 0 Å². The lowest BCUT2D eigenvalue weighted by atomic mass is 10.1. The first-order valence-corrected chi connectivity index (χ1v) is 10.8. The Balaban J connectivity index is 1.78. The highest BCUT2D eigenvalue weighted by Crippen LogP contribution is 2.27. The number of carboxylic acid groups (broad SMARTS) is 1. The van der Waals surface area contributed by atoms with Crippen LogP contribution in [0.2, 0.25) is 0 Å². The second-order valence-electron chi connectivity index (χ2n) is 6.83. The van der Waals surface area contributed by atoms with Crippen LogP contribution in [0.15, 0.2) is 46.9 Å². The van der Waals surface area contributed by atoms with Crippen molar-refractivity contribution in [3.63, 3.8) is 0 Å². The number of halogens is 1. The summed E-state index contributed by atoms with van der Waals surface area (Å²) in [6, 6.07) is 11.0. The molecule has 0 aliphatic carbocycles. The molecular weight excluding hydrogens is 436 g/mol. The molecule has 0 radical (unpaired) electrons. The normalized spacial score (nSPS) is 10.6. The van der Waals surface area contributed by atoms with Crippen molar-refractivity contribution in [2.75, 3.05) is 6.61 Å². The molecule has 0 aliphatic rings. The van der Waals surface area contributed by atoms with E-state index in [9.17, 15) is 9.59 Å². The number of carbonyl (C=O) groups is 2. The summed E-state index contributed by atoms with van der Waals surface area (Å²) in [6.07, 6.45) is 8.63. The van der Waals surface area contributed by atoms with E-state index in [1.54, 1.807) is 24.3 Å². The van der Waals surface area contributed by atoms with Crippen LogP contribution in [0.5, 0.6) is 11.5 Å². The highest BCUT2D eigenvalue weighted by Gasteiger charge is 2.13. The van der Waals surface area contributed by atoms with Gasteiger partial charge in [-0.25, -0.2) is 9.59 Å². The van der Waals surface area contributed by atoms with Crippen molar-refractivity contribution in [2.45, 2.75) is 51.9 Å². The van der Waals surface area contributed by atoms with E-state index in [-0.39, 0.29) is 11.3 Å². The Hall–Kier alpha value is -2.34. The third kappa shape index (κ3) is 7.89. The van der Waals surface area contributed by atoms with Gasteiger partial charge < -0.3 is 14.6 Å². The van der Waals surface area contributed by atoms with Gasteiger partial charge in [-0.1, -0.05) is 45.4 Å². The van der Waals surface area contributed by atoms with E-state index < -0.39 is 11.9 Å². The minimum Gasteiger partial charge on any atom is -0.494 e. The number of hydrogen-bond donors (Lipinski definition) is 1. The van der Waals surface area contributed by atoms with Gasteiger partial charge in [0.05, 0.1) is 22.2 Å². The molecule has 2 rings (SSSR count). The van der Waals surface area contributed by atoms with Gasteiger partial charge in [-0.05, 0) is 64.8 Å². The molecular formula is C23H27BrO5. The summed E-state index contributed by atoms with van der Waals surface area (Å²) in [5, 5.41) is 8.98. The number of unbranched alkanes of at least 4 members (excludes halogenated alkanes) is 6. The molecule has 29 heavy (non-hydrogen) atoms. The molecule has 0 fully saturated rings. The molecule has 0 spiro atoms. The zero-order chi connectivity index (χ0) is 21.1. The van der Waals surface area contributed by atoms with Crippen LogP contribution in [0.3, 0.4) is 0 Å². The lowest BCUT2D eigenvalue weighted by Crippen LogP contribution is -2.09. The fraction of sp³-hybridized carbons (Fsp3) is 0.391. The van der Waals surface area contributed by atoms with Gasteiger partial charge in [0.15, 0.2) is 0 Å². The number of benzene rings is 2. The molecule has 5 nitrogen and oxygen atoms in total. The number of carboxylic acids is 1. The average Bonchev–Trinajstić information content (AvgIpc) is 2.71. The molecule has 0 aromatic heterocycles. The van der Waals surface area contributed by atoms with E-state index in [0.717, 1.165) is 12.2 Å². The number of rotatable bonds is 12. The average molecular weight is 463 g/mol. The lowest BCUT2D eigenvalue weighted by molar-refractivity contribution is 0.0696. The smallest absolute Gasteiger partial charge is 0.343 e. The number of aromatic carboxylic acids is 1. The molecule has 156 valence electrons. The molecule has 0 heterocycles. The number of esters is 1. The monoisotopic (exact) mass is 462 g/mol. The summed E-state index contributed by atoms with van der Waals surface area (Å²) in [7, 11) is 0. The summed E-state index contributed by atoms with van der Waals surface area (Å²) in [4.78, 5) is 23.3. The SMILES string of the molecule is CCCCCCCCCOc1ccc(C(=O)Oc2ccc(C(=O)O)cc2Br)cc1. The van der Waals surface area contributed by atoms with Crippen molar-refractivity contribution >= 4 is 27.9 Å². The third-order valence-electron chi connectivity index (χ3n) is 4.49. The second kappa shape index (κ2) is 12.3. The minimum atomic E-state index is -1.05. The van der Waals surface area contributed by atoms with Crippen LogP contribution >= 0.6 is 15.9 Å². The van der Waals surface area contributed by atoms with Crippen molar-refractivity contribution in [3.8, 4) is 11.5 Å². The lowest BCUT2D eigenvalue weighted by Gasteiger charge is -2.09. The zero-order valence-electron chi connectivity index (χ0n) is 16.7. The predicted molar refractivity (Wildman–Crippen MR) is 116 cm³/mol. The van der Waals surface area contributed by atoms with E-state index in [4.69, 9.17) is 14.6 Å². The Morgan fingerprint density at radius 1 is 0.897 bits per heavy atom. The summed E-state index contributed by atoms with van der Waals surface area (Å²) >= 11 is 3.23. The highest BCUT2D eigenvalue weighted by molar-refractivity contribution is 9.10. The van der Waals surface area contributed by atoms with Gasteiger partial charge in [-0.2, -0.15) is 0 Å².